The van der Waals surface area contributed by atoms with E-state index >= 15 is 0 Å². The summed E-state index contributed by atoms with van der Waals surface area (Å²) >= 11 is 0. The predicted molar refractivity (Wildman–Crippen MR) is 80.4 cm³/mol. The van der Waals surface area contributed by atoms with Crippen molar-refractivity contribution in [2.24, 2.45) is 5.92 Å². The van der Waals surface area contributed by atoms with Crippen molar-refractivity contribution < 1.29 is 0 Å². The summed E-state index contributed by atoms with van der Waals surface area (Å²) < 4.78 is 0. The molecule has 102 valence electrons. The molecule has 1 aromatic carbocycles. The zero-order chi connectivity index (χ0) is 13.7. The summed E-state index contributed by atoms with van der Waals surface area (Å²) in [6.07, 6.45) is 6.51. The van der Waals surface area contributed by atoms with Crippen molar-refractivity contribution in [2.75, 3.05) is 18.0 Å². The van der Waals surface area contributed by atoms with Gasteiger partial charge in [-0.1, -0.05) is 25.8 Å². The summed E-state index contributed by atoms with van der Waals surface area (Å²) in [5, 5.41) is 9.30. The molecule has 0 spiro atoms. The second-order valence-electron chi connectivity index (χ2n) is 5.71. The smallest absolute Gasteiger partial charge is 0.101 e. The molecular formula is C17H24N2. The average Bonchev–Trinajstić information content (AvgIpc) is 2.65. The minimum absolute atomic E-state index is 0.828. The van der Waals surface area contributed by atoms with Crippen molar-refractivity contribution in [1.29, 1.82) is 5.26 Å². The van der Waals surface area contributed by atoms with Crippen LogP contribution in [0.1, 0.15) is 50.2 Å². The Balaban J connectivity index is 2.12. The maximum atomic E-state index is 9.30. The predicted octanol–water partition coefficient (Wildman–Crippen LogP) is 4.27. The summed E-state index contributed by atoms with van der Waals surface area (Å²) in [7, 11) is 0. The van der Waals surface area contributed by atoms with Crippen molar-refractivity contribution in [3.05, 3.63) is 29.3 Å². The van der Waals surface area contributed by atoms with Crippen molar-refractivity contribution in [1.82, 2.24) is 0 Å². The first-order valence-corrected chi connectivity index (χ1v) is 7.50. The molecule has 1 saturated heterocycles. The van der Waals surface area contributed by atoms with Crippen LogP contribution >= 0.6 is 0 Å². The highest BCUT2D eigenvalue weighted by molar-refractivity contribution is 5.60. The second kappa shape index (κ2) is 6.61. The number of nitriles is 1. The van der Waals surface area contributed by atoms with E-state index < -0.39 is 0 Å². The average molecular weight is 256 g/mol. The SMILES string of the molecule is CCCC1CCCN(c2ccc(C)cc2C#N)CC1. The van der Waals surface area contributed by atoms with E-state index in [0.717, 1.165) is 30.3 Å². The maximum absolute atomic E-state index is 9.30. The minimum Gasteiger partial charge on any atom is -0.370 e. The molecule has 1 fully saturated rings. The minimum atomic E-state index is 0.828. The molecule has 1 atom stereocenters. The fraction of sp³-hybridized carbons (Fsp3) is 0.588. The van der Waals surface area contributed by atoms with Gasteiger partial charge in [0, 0.05) is 13.1 Å². The van der Waals surface area contributed by atoms with E-state index in [1.54, 1.807) is 0 Å². The Bertz CT molecular complexity index is 459. The van der Waals surface area contributed by atoms with Gasteiger partial charge in [-0.3, -0.25) is 0 Å². The molecule has 2 nitrogen and oxygen atoms in total. The van der Waals surface area contributed by atoms with Gasteiger partial charge in [-0.05, 0) is 49.8 Å². The highest BCUT2D eigenvalue weighted by atomic mass is 15.1. The van der Waals surface area contributed by atoms with Crippen LogP contribution in [0.2, 0.25) is 0 Å². The van der Waals surface area contributed by atoms with E-state index in [9.17, 15) is 5.26 Å². The van der Waals surface area contributed by atoms with Gasteiger partial charge >= 0.3 is 0 Å². The largest absolute Gasteiger partial charge is 0.370 e. The van der Waals surface area contributed by atoms with Crippen LogP contribution in [-0.2, 0) is 0 Å². The lowest BCUT2D eigenvalue weighted by Crippen LogP contribution is -2.25. The number of aryl methyl sites for hydroxylation is 1. The molecule has 0 saturated carbocycles. The summed E-state index contributed by atoms with van der Waals surface area (Å²) in [6, 6.07) is 8.59. The molecule has 1 aromatic rings. The molecule has 0 N–H and O–H groups in total. The number of rotatable bonds is 3. The number of hydrogen-bond donors (Lipinski definition) is 0. The van der Waals surface area contributed by atoms with E-state index in [2.05, 4.69) is 30.0 Å². The Kier molecular flexibility index (Phi) is 4.85. The molecule has 1 heterocycles. The lowest BCUT2D eigenvalue weighted by molar-refractivity contribution is 0.435. The van der Waals surface area contributed by atoms with Gasteiger partial charge in [-0.15, -0.1) is 0 Å². The highest BCUT2D eigenvalue weighted by Gasteiger charge is 2.18. The first kappa shape index (κ1) is 13.9. The van der Waals surface area contributed by atoms with Crippen LogP contribution in [0.5, 0.6) is 0 Å². The number of benzene rings is 1. The normalized spacial score (nSPS) is 19.8. The number of anilines is 1. The fourth-order valence-corrected chi connectivity index (χ4v) is 3.12. The van der Waals surface area contributed by atoms with Gasteiger partial charge < -0.3 is 4.90 Å². The third kappa shape index (κ3) is 3.50. The molecule has 1 aliphatic rings. The molecular weight excluding hydrogens is 232 g/mol. The standard InChI is InChI=1S/C17H24N2/c1-3-5-15-6-4-10-19(11-9-15)17-8-7-14(2)12-16(17)13-18/h7-8,12,15H,3-6,9-11H2,1-2H3. The molecule has 0 aromatic heterocycles. The Morgan fingerprint density at radius 2 is 2.16 bits per heavy atom. The molecule has 0 bridgehead atoms. The maximum Gasteiger partial charge on any atom is 0.101 e. The van der Waals surface area contributed by atoms with Crippen LogP contribution in [0.3, 0.4) is 0 Å². The van der Waals surface area contributed by atoms with Gasteiger partial charge in [0.05, 0.1) is 11.3 Å². The van der Waals surface area contributed by atoms with Gasteiger partial charge in [0.2, 0.25) is 0 Å². The van der Waals surface area contributed by atoms with E-state index in [-0.39, 0.29) is 0 Å². The van der Waals surface area contributed by atoms with Crippen LogP contribution in [0.15, 0.2) is 18.2 Å². The first-order valence-electron chi connectivity index (χ1n) is 7.50. The topological polar surface area (TPSA) is 27.0 Å². The van der Waals surface area contributed by atoms with Crippen molar-refractivity contribution in [2.45, 2.75) is 46.0 Å². The highest BCUT2D eigenvalue weighted by Crippen LogP contribution is 2.27. The molecule has 0 aliphatic carbocycles. The summed E-state index contributed by atoms with van der Waals surface area (Å²) in [5.74, 6) is 0.881. The van der Waals surface area contributed by atoms with Gasteiger partial charge in [0.1, 0.15) is 6.07 Å². The zero-order valence-corrected chi connectivity index (χ0v) is 12.2. The van der Waals surface area contributed by atoms with Gasteiger partial charge in [-0.25, -0.2) is 0 Å². The monoisotopic (exact) mass is 256 g/mol. The summed E-state index contributed by atoms with van der Waals surface area (Å²) in [4.78, 5) is 2.41. The molecule has 19 heavy (non-hydrogen) atoms. The third-order valence-corrected chi connectivity index (χ3v) is 4.16. The second-order valence-corrected chi connectivity index (χ2v) is 5.71. The molecule has 0 amide bonds. The Labute approximate surface area is 117 Å². The van der Waals surface area contributed by atoms with Crippen molar-refractivity contribution >= 4 is 5.69 Å². The van der Waals surface area contributed by atoms with Crippen LogP contribution in [-0.4, -0.2) is 13.1 Å². The first-order chi connectivity index (χ1) is 9.24. The molecule has 1 aliphatic heterocycles. The van der Waals surface area contributed by atoms with E-state index in [4.69, 9.17) is 0 Å². The quantitative estimate of drug-likeness (QED) is 0.807. The molecule has 1 unspecified atom stereocenters. The Hall–Kier alpha value is -1.49. The Morgan fingerprint density at radius 1 is 1.32 bits per heavy atom. The van der Waals surface area contributed by atoms with Crippen molar-refractivity contribution in [3.8, 4) is 6.07 Å². The molecule has 0 radical (unpaired) electrons. The van der Waals surface area contributed by atoms with E-state index in [1.165, 1.54) is 37.7 Å². The Morgan fingerprint density at radius 3 is 2.89 bits per heavy atom. The zero-order valence-electron chi connectivity index (χ0n) is 12.2. The van der Waals surface area contributed by atoms with E-state index in [0.29, 0.717) is 0 Å². The van der Waals surface area contributed by atoms with Crippen LogP contribution < -0.4 is 4.90 Å². The van der Waals surface area contributed by atoms with Crippen molar-refractivity contribution in [3.63, 3.8) is 0 Å². The van der Waals surface area contributed by atoms with Crippen LogP contribution in [0.25, 0.3) is 0 Å². The molecule has 2 rings (SSSR count). The summed E-state index contributed by atoms with van der Waals surface area (Å²) in [5.41, 5.74) is 3.12. The van der Waals surface area contributed by atoms with Gasteiger partial charge in [0.25, 0.3) is 0 Å². The third-order valence-electron chi connectivity index (χ3n) is 4.16. The van der Waals surface area contributed by atoms with Gasteiger partial charge in [0.15, 0.2) is 0 Å². The lowest BCUT2D eigenvalue weighted by Gasteiger charge is -2.24. The molecule has 2 heteroatoms. The number of nitrogens with zero attached hydrogens (tertiary/aromatic N) is 2. The fourth-order valence-electron chi connectivity index (χ4n) is 3.12. The summed E-state index contributed by atoms with van der Waals surface area (Å²) in [6.45, 7) is 6.51. The van der Waals surface area contributed by atoms with Crippen LogP contribution in [0.4, 0.5) is 5.69 Å². The van der Waals surface area contributed by atoms with E-state index in [1.807, 2.05) is 13.0 Å². The van der Waals surface area contributed by atoms with Gasteiger partial charge in [-0.2, -0.15) is 5.26 Å². The lowest BCUT2D eigenvalue weighted by atomic mass is 9.96. The number of hydrogen-bond acceptors (Lipinski definition) is 2. The van der Waals surface area contributed by atoms with Crippen LogP contribution in [0, 0.1) is 24.2 Å².